The van der Waals surface area contributed by atoms with Crippen molar-refractivity contribution in [3.8, 4) is 6.07 Å². The Morgan fingerprint density at radius 1 is 1.50 bits per heavy atom. The Hall–Kier alpha value is -2.07. The molecule has 1 amide bonds. The molecule has 8 heteroatoms. The third-order valence-electron chi connectivity index (χ3n) is 3.59. The molecule has 2 atom stereocenters. The number of unbranched alkanes of at least 4 members (excludes halogenated alkanes) is 1. The van der Waals surface area contributed by atoms with Crippen LogP contribution in [0, 0.1) is 17.1 Å². The summed E-state index contributed by atoms with van der Waals surface area (Å²) < 4.78 is 19.5. The van der Waals surface area contributed by atoms with Gasteiger partial charge in [-0.3, -0.25) is 0 Å². The van der Waals surface area contributed by atoms with E-state index >= 15 is 0 Å². The van der Waals surface area contributed by atoms with E-state index in [-0.39, 0.29) is 28.6 Å². The Balaban J connectivity index is 2.91. The number of aromatic nitrogens is 1. The van der Waals surface area contributed by atoms with Gasteiger partial charge in [-0.2, -0.15) is 5.26 Å². The van der Waals surface area contributed by atoms with Crippen LogP contribution in [0.5, 0.6) is 0 Å². The van der Waals surface area contributed by atoms with E-state index in [4.69, 9.17) is 21.6 Å². The molecule has 0 spiro atoms. The maximum absolute atomic E-state index is 14.2. The lowest BCUT2D eigenvalue weighted by Gasteiger charge is -2.28. The fourth-order valence-corrected chi connectivity index (χ4v) is 2.47. The van der Waals surface area contributed by atoms with Crippen molar-refractivity contribution in [2.24, 2.45) is 0 Å². The molecule has 6 nitrogen and oxygen atoms in total. The molecule has 144 valence electrons. The summed E-state index contributed by atoms with van der Waals surface area (Å²) in [4.78, 5) is 15.9. The zero-order chi connectivity index (χ0) is 19.9. The maximum Gasteiger partial charge on any atom is 0.407 e. The van der Waals surface area contributed by atoms with E-state index < -0.39 is 17.5 Å². The maximum atomic E-state index is 14.2. The van der Waals surface area contributed by atoms with E-state index in [1.807, 2.05) is 6.92 Å². The number of carbonyl (C=O) groups excluding carboxylic acids is 1. The predicted molar refractivity (Wildman–Crippen MR) is 99.7 cm³/mol. The molecule has 1 aromatic rings. The highest BCUT2D eigenvalue weighted by Crippen LogP contribution is 2.22. The lowest BCUT2D eigenvalue weighted by atomic mass is 10.0. The van der Waals surface area contributed by atoms with E-state index in [0.29, 0.717) is 6.42 Å². The van der Waals surface area contributed by atoms with Crippen LogP contribution in [0.25, 0.3) is 0 Å². The number of amides is 1. The van der Waals surface area contributed by atoms with Crippen molar-refractivity contribution in [3.05, 3.63) is 22.6 Å². The molecular formula is C18H26ClFN4O2. The molecule has 1 aromatic heterocycles. The van der Waals surface area contributed by atoms with Gasteiger partial charge in [0.25, 0.3) is 0 Å². The van der Waals surface area contributed by atoms with Gasteiger partial charge in [0.1, 0.15) is 16.8 Å². The van der Waals surface area contributed by atoms with Crippen molar-refractivity contribution in [2.75, 3.05) is 5.32 Å². The third kappa shape index (κ3) is 7.04. The summed E-state index contributed by atoms with van der Waals surface area (Å²) in [6, 6.07) is 2.20. The summed E-state index contributed by atoms with van der Waals surface area (Å²) >= 11 is 5.90. The molecule has 0 saturated carbocycles. The number of pyridine rings is 1. The van der Waals surface area contributed by atoms with E-state index in [2.05, 4.69) is 15.6 Å². The summed E-state index contributed by atoms with van der Waals surface area (Å²) in [6.45, 7) is 9.19. The van der Waals surface area contributed by atoms with Gasteiger partial charge in [0.05, 0.1) is 5.56 Å². The van der Waals surface area contributed by atoms with Crippen molar-refractivity contribution >= 4 is 23.5 Å². The number of ether oxygens (including phenoxy) is 1. The second kappa shape index (κ2) is 9.58. The van der Waals surface area contributed by atoms with Gasteiger partial charge in [-0.25, -0.2) is 14.2 Å². The number of anilines is 1. The second-order valence-corrected chi connectivity index (χ2v) is 7.45. The van der Waals surface area contributed by atoms with Gasteiger partial charge in [-0.1, -0.05) is 31.4 Å². The molecule has 0 radical (unpaired) electrons. The van der Waals surface area contributed by atoms with Crippen LogP contribution < -0.4 is 10.6 Å². The van der Waals surface area contributed by atoms with Crippen molar-refractivity contribution < 1.29 is 13.9 Å². The Labute approximate surface area is 159 Å². The monoisotopic (exact) mass is 384 g/mol. The highest BCUT2D eigenvalue weighted by atomic mass is 35.5. The van der Waals surface area contributed by atoms with Crippen LogP contribution in [0.2, 0.25) is 5.15 Å². The number of hydrogen-bond acceptors (Lipinski definition) is 5. The Morgan fingerprint density at radius 3 is 2.69 bits per heavy atom. The molecule has 0 unspecified atom stereocenters. The van der Waals surface area contributed by atoms with Crippen molar-refractivity contribution in [2.45, 2.75) is 71.6 Å². The fourth-order valence-electron chi connectivity index (χ4n) is 2.29. The smallest absolute Gasteiger partial charge is 0.407 e. The molecule has 0 bridgehead atoms. The van der Waals surface area contributed by atoms with Crippen molar-refractivity contribution in [1.29, 1.82) is 5.26 Å². The summed E-state index contributed by atoms with van der Waals surface area (Å²) in [5.41, 5.74) is -0.635. The number of nitriles is 1. The average molecular weight is 385 g/mol. The first-order valence-electron chi connectivity index (χ1n) is 8.59. The van der Waals surface area contributed by atoms with Crippen molar-refractivity contribution in [3.63, 3.8) is 0 Å². The van der Waals surface area contributed by atoms with E-state index in [1.54, 1.807) is 33.8 Å². The second-order valence-electron chi connectivity index (χ2n) is 7.10. The van der Waals surface area contributed by atoms with Gasteiger partial charge in [0.2, 0.25) is 0 Å². The molecule has 0 saturated heterocycles. The summed E-state index contributed by atoms with van der Waals surface area (Å²) in [6.07, 6.45) is 1.97. The molecule has 1 rings (SSSR count). The molecule has 0 fully saturated rings. The largest absolute Gasteiger partial charge is 0.444 e. The Kier molecular flexibility index (Phi) is 8.09. The normalized spacial score (nSPS) is 13.5. The van der Waals surface area contributed by atoms with Crippen LogP contribution in [-0.4, -0.2) is 28.8 Å². The molecule has 2 N–H and O–H groups in total. The molecule has 26 heavy (non-hydrogen) atoms. The highest BCUT2D eigenvalue weighted by Gasteiger charge is 2.24. The molecule has 1 heterocycles. The number of nitrogens with zero attached hydrogens (tertiary/aromatic N) is 2. The van der Waals surface area contributed by atoms with Gasteiger partial charge in [-0.05, 0) is 40.2 Å². The standard InChI is InChI=1S/C18H26ClFN4O2/c1-6-7-8-14(11(2)22-17(25)26-18(3,4)5)23-16-13(20)9-12(10-21)15(19)24-16/h9,11,14H,6-8H2,1-5H3,(H,22,25)(H,23,24)/t11-,14+/m0/s1. The topological polar surface area (TPSA) is 87.0 Å². The summed E-state index contributed by atoms with van der Waals surface area (Å²) in [7, 11) is 0. The first-order valence-corrected chi connectivity index (χ1v) is 8.97. The predicted octanol–water partition coefficient (Wildman–Crippen LogP) is 4.63. The molecule has 0 aliphatic heterocycles. The van der Waals surface area contributed by atoms with Crippen LogP contribution in [-0.2, 0) is 4.74 Å². The van der Waals surface area contributed by atoms with Crippen LogP contribution in [0.4, 0.5) is 15.0 Å². The molecular weight excluding hydrogens is 359 g/mol. The first kappa shape index (κ1) is 22.0. The minimum atomic E-state index is -0.670. The Morgan fingerprint density at radius 2 is 2.15 bits per heavy atom. The van der Waals surface area contributed by atoms with Crippen molar-refractivity contribution in [1.82, 2.24) is 10.3 Å². The lowest BCUT2D eigenvalue weighted by Crippen LogP contribution is -2.46. The first-order chi connectivity index (χ1) is 12.1. The number of rotatable bonds is 7. The van der Waals surface area contributed by atoms with Gasteiger partial charge in [-0.15, -0.1) is 0 Å². The van der Waals surface area contributed by atoms with Crippen LogP contribution in [0.15, 0.2) is 6.07 Å². The lowest BCUT2D eigenvalue weighted by molar-refractivity contribution is 0.0502. The quantitative estimate of drug-likeness (QED) is 0.669. The Bertz CT molecular complexity index is 670. The minimum Gasteiger partial charge on any atom is -0.444 e. The van der Waals surface area contributed by atoms with Gasteiger partial charge in [0, 0.05) is 12.1 Å². The van der Waals surface area contributed by atoms with Crippen LogP contribution in [0.1, 0.15) is 59.4 Å². The number of nitrogens with one attached hydrogen (secondary N) is 2. The average Bonchev–Trinajstić information content (AvgIpc) is 2.51. The molecule has 0 aliphatic carbocycles. The molecule has 0 aliphatic rings. The van der Waals surface area contributed by atoms with E-state index in [1.165, 1.54) is 0 Å². The van der Waals surface area contributed by atoms with E-state index in [9.17, 15) is 9.18 Å². The zero-order valence-electron chi connectivity index (χ0n) is 15.8. The van der Waals surface area contributed by atoms with Gasteiger partial charge in [0.15, 0.2) is 11.6 Å². The third-order valence-corrected chi connectivity index (χ3v) is 3.88. The summed E-state index contributed by atoms with van der Waals surface area (Å²) in [5, 5.41) is 14.6. The molecule has 0 aromatic carbocycles. The van der Waals surface area contributed by atoms with Gasteiger partial charge < -0.3 is 15.4 Å². The summed E-state index contributed by atoms with van der Waals surface area (Å²) in [5.74, 6) is -0.718. The number of alkyl carbamates (subject to hydrolysis) is 1. The van der Waals surface area contributed by atoms with E-state index in [0.717, 1.165) is 18.9 Å². The van der Waals surface area contributed by atoms with Crippen LogP contribution >= 0.6 is 11.6 Å². The number of hydrogen-bond donors (Lipinski definition) is 2. The minimum absolute atomic E-state index is 0.0280. The number of halogens is 2. The van der Waals surface area contributed by atoms with Crippen LogP contribution in [0.3, 0.4) is 0 Å². The zero-order valence-corrected chi connectivity index (χ0v) is 16.6. The SMILES string of the molecule is CCCC[C@@H](Nc1nc(Cl)c(C#N)cc1F)[C@H](C)NC(=O)OC(C)(C)C. The van der Waals surface area contributed by atoms with Gasteiger partial charge >= 0.3 is 6.09 Å². The highest BCUT2D eigenvalue weighted by molar-refractivity contribution is 6.30. The fraction of sp³-hybridized carbons (Fsp3) is 0.611. The number of carbonyl (C=O) groups is 1.